The first-order valence-electron chi connectivity index (χ1n) is 7.58. The van der Waals surface area contributed by atoms with E-state index in [1.807, 2.05) is 27.7 Å². The van der Waals surface area contributed by atoms with Crippen LogP contribution >= 0.6 is 0 Å². The molecule has 0 aliphatic rings. The predicted octanol–water partition coefficient (Wildman–Crippen LogP) is 6.24. The number of hydrogen-bond donors (Lipinski definition) is 0. The molecular formula is C18H34. The lowest BCUT2D eigenvalue weighted by Crippen LogP contribution is -2.24. The highest BCUT2D eigenvalue weighted by Gasteiger charge is 2.24. The average Bonchev–Trinajstić information content (AvgIpc) is 2.43. The number of hydrogen-bond acceptors (Lipinski definition) is 0. The van der Waals surface area contributed by atoms with Gasteiger partial charge in [0.05, 0.1) is 0 Å². The molecule has 0 aromatic heterocycles. The molecule has 0 heterocycles. The van der Waals surface area contributed by atoms with Gasteiger partial charge in [-0.1, -0.05) is 86.6 Å². The van der Waals surface area contributed by atoms with Gasteiger partial charge in [0.2, 0.25) is 0 Å². The molecule has 0 heteroatoms. The Kier molecular flexibility index (Phi) is 11.1. The summed E-state index contributed by atoms with van der Waals surface area (Å²) in [6.07, 6.45) is 1.13. The fourth-order valence-electron chi connectivity index (χ4n) is 1.50. The Morgan fingerprint density at radius 3 is 1.56 bits per heavy atom. The van der Waals surface area contributed by atoms with Crippen molar-refractivity contribution in [3.63, 3.8) is 0 Å². The van der Waals surface area contributed by atoms with Crippen LogP contribution in [0.5, 0.6) is 0 Å². The van der Waals surface area contributed by atoms with Crippen LogP contribution in [0.2, 0.25) is 0 Å². The zero-order chi connectivity index (χ0) is 14.8. The Morgan fingerprint density at radius 1 is 0.889 bits per heavy atom. The number of aryl methyl sites for hydroxylation is 1. The number of rotatable bonds is 3. The van der Waals surface area contributed by atoms with Crippen molar-refractivity contribution < 1.29 is 0 Å². The molecule has 0 nitrogen and oxygen atoms in total. The summed E-state index contributed by atoms with van der Waals surface area (Å²) in [5.41, 5.74) is 3.16. The average molecular weight is 250 g/mol. The summed E-state index contributed by atoms with van der Waals surface area (Å²) in [7, 11) is 0. The Hall–Kier alpha value is -0.780. The van der Waals surface area contributed by atoms with E-state index in [0.717, 1.165) is 6.42 Å². The van der Waals surface area contributed by atoms with E-state index in [2.05, 4.69) is 58.9 Å². The van der Waals surface area contributed by atoms with Gasteiger partial charge in [-0.15, -0.1) is 0 Å². The second-order valence-electron chi connectivity index (χ2n) is 4.93. The summed E-state index contributed by atoms with van der Waals surface area (Å²) in [6, 6.07) is 9.05. The lowest BCUT2D eigenvalue weighted by atomic mass is 9.75. The monoisotopic (exact) mass is 250 g/mol. The van der Waals surface area contributed by atoms with Crippen LogP contribution in [0.25, 0.3) is 0 Å². The van der Waals surface area contributed by atoms with Gasteiger partial charge in [0.15, 0.2) is 0 Å². The van der Waals surface area contributed by atoms with Gasteiger partial charge < -0.3 is 0 Å². The molecule has 0 saturated heterocycles. The standard InChI is InChI=1S/C14H22.2C2H6/c1-6-12-7-9-13(10-8-12)14(4,5)11(2)3;2*1-2/h7-11H,6H2,1-5H3;2*1-2H3. The first kappa shape index (κ1) is 19.6. The van der Waals surface area contributed by atoms with Crippen LogP contribution in [0.1, 0.15) is 73.4 Å². The zero-order valence-electron chi connectivity index (χ0n) is 14.1. The van der Waals surface area contributed by atoms with Gasteiger partial charge in [-0.25, -0.2) is 0 Å². The Morgan fingerprint density at radius 2 is 1.28 bits per heavy atom. The molecule has 0 amide bonds. The Labute approximate surface area is 116 Å². The largest absolute Gasteiger partial charge is 0.0683 e. The van der Waals surface area contributed by atoms with Crippen molar-refractivity contribution in [2.24, 2.45) is 5.92 Å². The van der Waals surface area contributed by atoms with Crippen LogP contribution in [0.4, 0.5) is 0 Å². The second-order valence-corrected chi connectivity index (χ2v) is 4.93. The first-order chi connectivity index (χ1) is 8.48. The van der Waals surface area contributed by atoms with Crippen molar-refractivity contribution >= 4 is 0 Å². The molecule has 0 radical (unpaired) electrons. The second kappa shape index (κ2) is 10.2. The van der Waals surface area contributed by atoms with E-state index < -0.39 is 0 Å². The van der Waals surface area contributed by atoms with Gasteiger partial charge >= 0.3 is 0 Å². The van der Waals surface area contributed by atoms with E-state index in [0.29, 0.717) is 5.92 Å². The minimum Gasteiger partial charge on any atom is -0.0683 e. The molecule has 0 aliphatic carbocycles. The van der Waals surface area contributed by atoms with Crippen molar-refractivity contribution in [3.05, 3.63) is 35.4 Å². The van der Waals surface area contributed by atoms with Crippen molar-refractivity contribution in [2.45, 2.75) is 74.1 Å². The zero-order valence-corrected chi connectivity index (χ0v) is 14.1. The van der Waals surface area contributed by atoms with Gasteiger partial charge in [0, 0.05) is 0 Å². The maximum atomic E-state index is 2.32. The maximum Gasteiger partial charge on any atom is -0.00806 e. The third-order valence-corrected chi connectivity index (χ3v) is 3.55. The molecular weight excluding hydrogens is 216 g/mol. The molecule has 1 rings (SSSR count). The van der Waals surface area contributed by atoms with Gasteiger partial charge in [-0.3, -0.25) is 0 Å². The van der Waals surface area contributed by atoms with Gasteiger partial charge in [-0.05, 0) is 28.9 Å². The van der Waals surface area contributed by atoms with Gasteiger partial charge in [-0.2, -0.15) is 0 Å². The highest BCUT2D eigenvalue weighted by Crippen LogP contribution is 2.31. The molecule has 0 bridgehead atoms. The molecule has 0 saturated carbocycles. The van der Waals surface area contributed by atoms with Gasteiger partial charge in [0.25, 0.3) is 0 Å². The van der Waals surface area contributed by atoms with E-state index in [1.165, 1.54) is 11.1 Å². The molecule has 18 heavy (non-hydrogen) atoms. The van der Waals surface area contributed by atoms with Crippen LogP contribution in [-0.2, 0) is 11.8 Å². The first-order valence-corrected chi connectivity index (χ1v) is 7.58. The van der Waals surface area contributed by atoms with Gasteiger partial charge in [0.1, 0.15) is 0 Å². The fourth-order valence-corrected chi connectivity index (χ4v) is 1.50. The van der Waals surface area contributed by atoms with Crippen LogP contribution in [-0.4, -0.2) is 0 Å². The lowest BCUT2D eigenvalue weighted by Gasteiger charge is -2.30. The molecule has 1 aromatic carbocycles. The molecule has 1 aromatic rings. The summed E-state index contributed by atoms with van der Waals surface area (Å²) in [4.78, 5) is 0. The van der Waals surface area contributed by atoms with Crippen molar-refractivity contribution in [1.29, 1.82) is 0 Å². The van der Waals surface area contributed by atoms with Crippen molar-refractivity contribution in [2.75, 3.05) is 0 Å². The van der Waals surface area contributed by atoms with E-state index in [4.69, 9.17) is 0 Å². The summed E-state index contributed by atoms with van der Waals surface area (Å²) < 4.78 is 0. The molecule has 0 aliphatic heterocycles. The molecule has 106 valence electrons. The minimum atomic E-state index is 0.284. The fraction of sp³-hybridized carbons (Fsp3) is 0.667. The quantitative estimate of drug-likeness (QED) is 0.596. The predicted molar refractivity (Wildman–Crippen MR) is 86.4 cm³/mol. The minimum absolute atomic E-state index is 0.284. The van der Waals surface area contributed by atoms with Crippen LogP contribution < -0.4 is 0 Å². The molecule has 0 N–H and O–H groups in total. The molecule has 0 spiro atoms. The number of benzene rings is 1. The Balaban J connectivity index is 0. The van der Waals surface area contributed by atoms with E-state index in [9.17, 15) is 0 Å². The molecule has 0 fully saturated rings. The van der Waals surface area contributed by atoms with Crippen LogP contribution in [0.3, 0.4) is 0 Å². The normalized spacial score (nSPS) is 10.1. The topological polar surface area (TPSA) is 0 Å². The maximum absolute atomic E-state index is 2.32. The van der Waals surface area contributed by atoms with Crippen molar-refractivity contribution in [3.8, 4) is 0 Å². The molecule has 0 atom stereocenters. The van der Waals surface area contributed by atoms with Crippen LogP contribution in [0.15, 0.2) is 24.3 Å². The highest BCUT2D eigenvalue weighted by atomic mass is 14.3. The summed E-state index contributed by atoms with van der Waals surface area (Å²) in [5.74, 6) is 0.676. The van der Waals surface area contributed by atoms with Crippen molar-refractivity contribution in [1.82, 2.24) is 0 Å². The summed E-state index contributed by atoms with van der Waals surface area (Å²) in [5, 5.41) is 0. The van der Waals surface area contributed by atoms with Crippen LogP contribution in [0, 0.1) is 5.92 Å². The highest BCUT2D eigenvalue weighted by molar-refractivity contribution is 5.28. The SMILES string of the molecule is CC.CC.CCc1ccc(C(C)(C)C(C)C)cc1. The van der Waals surface area contributed by atoms with E-state index >= 15 is 0 Å². The Bertz CT molecular complexity index is 277. The molecule has 0 unspecified atom stereocenters. The third-order valence-electron chi connectivity index (χ3n) is 3.55. The van der Waals surface area contributed by atoms with E-state index in [-0.39, 0.29) is 5.41 Å². The third kappa shape index (κ3) is 5.71. The lowest BCUT2D eigenvalue weighted by molar-refractivity contribution is 0.372. The summed E-state index contributed by atoms with van der Waals surface area (Å²) in [6.45, 7) is 19.4. The van der Waals surface area contributed by atoms with E-state index in [1.54, 1.807) is 0 Å². The summed E-state index contributed by atoms with van der Waals surface area (Å²) >= 11 is 0. The smallest absolute Gasteiger partial charge is 0.00806 e.